The van der Waals surface area contributed by atoms with Crippen LogP contribution in [-0.2, 0) is 0 Å². The number of fused-ring (bicyclic) bond motifs is 1. The molecule has 0 spiro atoms. The van der Waals surface area contributed by atoms with E-state index in [0.29, 0.717) is 17.3 Å². The van der Waals surface area contributed by atoms with Gasteiger partial charge in [-0.15, -0.1) is 0 Å². The van der Waals surface area contributed by atoms with Crippen molar-refractivity contribution in [3.05, 3.63) is 41.2 Å². The van der Waals surface area contributed by atoms with Crippen LogP contribution in [0.4, 0.5) is 0 Å². The monoisotopic (exact) mass is 301 g/mol. The molecule has 0 saturated heterocycles. The molecule has 0 bridgehead atoms. The van der Waals surface area contributed by atoms with Gasteiger partial charge in [-0.05, 0) is 49.5 Å². The number of nitrogens with one attached hydrogen (secondary N) is 1. The molecule has 1 N–H and O–H groups in total. The van der Waals surface area contributed by atoms with Crippen LogP contribution in [0.5, 0.6) is 11.6 Å². The maximum absolute atomic E-state index is 5.45. The van der Waals surface area contributed by atoms with Crippen molar-refractivity contribution < 1.29 is 9.47 Å². The van der Waals surface area contributed by atoms with Gasteiger partial charge in [-0.1, -0.05) is 0 Å². The number of nitrogens with zero attached hydrogens (tertiary/aromatic N) is 2. The van der Waals surface area contributed by atoms with Crippen LogP contribution < -0.4 is 9.47 Å². The van der Waals surface area contributed by atoms with Crippen LogP contribution in [0.25, 0.3) is 16.9 Å². The van der Waals surface area contributed by atoms with Crippen molar-refractivity contribution >= 4 is 23.4 Å². The number of hydrogen-bond acceptors (Lipinski definition) is 4. The molecule has 0 fully saturated rings. The van der Waals surface area contributed by atoms with Gasteiger partial charge in [0.05, 0.1) is 24.9 Å². The Morgan fingerprint density at radius 2 is 1.95 bits per heavy atom. The first kappa shape index (κ1) is 13.6. The Hall–Kier alpha value is -2.34. The molecule has 3 aromatic rings. The van der Waals surface area contributed by atoms with Crippen LogP contribution in [0.2, 0.25) is 0 Å². The zero-order valence-electron chi connectivity index (χ0n) is 11.8. The first-order valence-corrected chi connectivity index (χ1v) is 7.02. The highest BCUT2D eigenvalue weighted by atomic mass is 32.1. The molecule has 6 heteroatoms. The number of imidazole rings is 1. The van der Waals surface area contributed by atoms with E-state index in [0.717, 1.165) is 22.6 Å². The molecule has 108 valence electrons. The predicted octanol–water partition coefficient (Wildman–Crippen LogP) is 3.49. The number of benzene rings is 1. The van der Waals surface area contributed by atoms with Crippen molar-refractivity contribution in [2.45, 2.75) is 6.92 Å². The summed E-state index contributed by atoms with van der Waals surface area (Å²) in [6.07, 6.45) is 0. The van der Waals surface area contributed by atoms with Crippen LogP contribution in [0.3, 0.4) is 0 Å². The quantitative estimate of drug-likeness (QED) is 0.749. The minimum Gasteiger partial charge on any atom is -0.494 e. The first-order chi connectivity index (χ1) is 10.2. The molecule has 0 aliphatic heterocycles. The largest absolute Gasteiger partial charge is 0.494 e. The lowest BCUT2D eigenvalue weighted by atomic mass is 10.3. The molecule has 0 unspecified atom stereocenters. The van der Waals surface area contributed by atoms with Crippen molar-refractivity contribution in [1.29, 1.82) is 0 Å². The fraction of sp³-hybridized carbons (Fsp3) is 0.200. The summed E-state index contributed by atoms with van der Waals surface area (Å²) < 4.78 is 13.1. The summed E-state index contributed by atoms with van der Waals surface area (Å²) in [5.74, 6) is 1.38. The summed E-state index contributed by atoms with van der Waals surface area (Å²) in [5, 5.41) is 0. The second-order valence-corrected chi connectivity index (χ2v) is 4.80. The highest BCUT2D eigenvalue weighted by Gasteiger charge is 2.09. The van der Waals surface area contributed by atoms with Gasteiger partial charge in [0.15, 0.2) is 10.4 Å². The molecule has 0 aliphatic rings. The number of rotatable bonds is 4. The summed E-state index contributed by atoms with van der Waals surface area (Å²) in [6, 6.07) is 11.4. The summed E-state index contributed by atoms with van der Waals surface area (Å²) in [7, 11) is 1.59. The molecule has 5 nitrogen and oxygen atoms in total. The Balaban J connectivity index is 2.14. The number of H-pyrrole nitrogens is 1. The lowest BCUT2D eigenvalue weighted by Crippen LogP contribution is -1.97. The number of ether oxygens (including phenoxy) is 2. The predicted molar refractivity (Wildman–Crippen MR) is 84.0 cm³/mol. The van der Waals surface area contributed by atoms with Gasteiger partial charge < -0.3 is 14.5 Å². The van der Waals surface area contributed by atoms with Crippen molar-refractivity contribution in [3.63, 3.8) is 0 Å². The lowest BCUT2D eigenvalue weighted by Gasteiger charge is -2.07. The van der Waals surface area contributed by atoms with E-state index in [4.69, 9.17) is 21.7 Å². The Morgan fingerprint density at radius 1 is 1.19 bits per heavy atom. The Morgan fingerprint density at radius 3 is 2.62 bits per heavy atom. The van der Waals surface area contributed by atoms with E-state index >= 15 is 0 Å². The van der Waals surface area contributed by atoms with Crippen molar-refractivity contribution in [2.24, 2.45) is 0 Å². The number of aromatic amines is 1. The molecule has 3 rings (SSSR count). The summed E-state index contributed by atoms with van der Waals surface area (Å²) in [6.45, 7) is 2.60. The smallest absolute Gasteiger partial charge is 0.215 e. The van der Waals surface area contributed by atoms with Crippen LogP contribution in [0.15, 0.2) is 36.4 Å². The number of aromatic nitrogens is 3. The molecular weight excluding hydrogens is 286 g/mol. The van der Waals surface area contributed by atoms with Gasteiger partial charge in [-0.3, -0.25) is 4.57 Å². The molecule has 0 aliphatic carbocycles. The third kappa shape index (κ3) is 2.50. The molecule has 1 aromatic carbocycles. The van der Waals surface area contributed by atoms with Crippen molar-refractivity contribution in [2.75, 3.05) is 13.7 Å². The van der Waals surface area contributed by atoms with Crippen molar-refractivity contribution in [1.82, 2.24) is 14.5 Å². The molecule has 2 aromatic heterocycles. The van der Waals surface area contributed by atoms with Gasteiger partial charge in [-0.25, -0.2) is 0 Å². The van der Waals surface area contributed by atoms with Crippen LogP contribution >= 0.6 is 12.2 Å². The molecule has 0 radical (unpaired) electrons. The van der Waals surface area contributed by atoms with Crippen LogP contribution in [0.1, 0.15) is 6.92 Å². The number of pyridine rings is 1. The zero-order chi connectivity index (χ0) is 14.8. The summed E-state index contributed by atoms with van der Waals surface area (Å²) in [4.78, 5) is 7.61. The van der Waals surface area contributed by atoms with Gasteiger partial charge in [-0.2, -0.15) is 4.98 Å². The Labute approximate surface area is 127 Å². The van der Waals surface area contributed by atoms with E-state index in [9.17, 15) is 0 Å². The second-order valence-electron chi connectivity index (χ2n) is 4.42. The molecule has 2 heterocycles. The summed E-state index contributed by atoms with van der Waals surface area (Å²) >= 11 is 5.39. The van der Waals surface area contributed by atoms with E-state index in [1.54, 1.807) is 13.2 Å². The number of methoxy groups -OCH3 is 1. The molecule has 0 atom stereocenters. The second kappa shape index (κ2) is 5.57. The van der Waals surface area contributed by atoms with E-state index in [1.807, 2.05) is 41.8 Å². The highest BCUT2D eigenvalue weighted by Crippen LogP contribution is 2.22. The zero-order valence-corrected chi connectivity index (χ0v) is 12.6. The van der Waals surface area contributed by atoms with E-state index < -0.39 is 0 Å². The molecular formula is C15H15N3O2S. The van der Waals surface area contributed by atoms with Gasteiger partial charge >= 0.3 is 0 Å². The highest BCUT2D eigenvalue weighted by molar-refractivity contribution is 7.71. The number of hydrogen-bond donors (Lipinski definition) is 1. The van der Waals surface area contributed by atoms with Gasteiger partial charge in [0, 0.05) is 6.07 Å². The average Bonchev–Trinajstić information content (AvgIpc) is 2.83. The third-order valence-corrected chi connectivity index (χ3v) is 3.41. The lowest BCUT2D eigenvalue weighted by molar-refractivity contribution is 0.340. The maximum atomic E-state index is 5.45. The average molecular weight is 301 g/mol. The minimum absolute atomic E-state index is 0.552. The minimum atomic E-state index is 0.552. The van der Waals surface area contributed by atoms with Gasteiger partial charge in [0.1, 0.15) is 5.75 Å². The first-order valence-electron chi connectivity index (χ1n) is 6.62. The van der Waals surface area contributed by atoms with E-state index in [-0.39, 0.29) is 0 Å². The standard InChI is InChI=1S/C15H15N3O2S/c1-3-20-11-6-4-10(5-7-11)18-14-12(16-15(18)21)8-9-13(17-14)19-2/h4-9H,3H2,1-2H3,(H,16,21). The fourth-order valence-corrected chi connectivity index (χ4v) is 2.48. The van der Waals surface area contributed by atoms with E-state index in [2.05, 4.69) is 9.97 Å². The topological polar surface area (TPSA) is 52.1 Å². The molecule has 21 heavy (non-hydrogen) atoms. The maximum Gasteiger partial charge on any atom is 0.215 e. The van der Waals surface area contributed by atoms with Gasteiger partial charge in [0.25, 0.3) is 0 Å². The fourth-order valence-electron chi connectivity index (χ4n) is 2.18. The van der Waals surface area contributed by atoms with Crippen molar-refractivity contribution in [3.8, 4) is 17.3 Å². The van der Waals surface area contributed by atoms with Crippen LogP contribution in [0, 0.1) is 4.77 Å². The molecule has 0 saturated carbocycles. The van der Waals surface area contributed by atoms with Gasteiger partial charge in [0.2, 0.25) is 5.88 Å². The Bertz CT molecular complexity index is 821. The Kier molecular flexibility index (Phi) is 3.62. The normalized spacial score (nSPS) is 10.8. The SMILES string of the molecule is CCOc1ccc(-n2c(=S)[nH]c3ccc(OC)nc32)cc1. The van der Waals surface area contributed by atoms with Crippen LogP contribution in [-0.4, -0.2) is 28.3 Å². The van der Waals surface area contributed by atoms with E-state index in [1.165, 1.54) is 0 Å². The third-order valence-electron chi connectivity index (χ3n) is 3.12. The molecule has 0 amide bonds. The summed E-state index contributed by atoms with van der Waals surface area (Å²) in [5.41, 5.74) is 2.54.